The first kappa shape index (κ1) is 16.1. The van der Waals surface area contributed by atoms with Crippen LogP contribution in [-0.2, 0) is 4.79 Å². The number of carbonyl (C=O) groups excluding carboxylic acids is 1. The summed E-state index contributed by atoms with van der Waals surface area (Å²) in [6.07, 6.45) is 1.64. The predicted molar refractivity (Wildman–Crippen MR) is 95.2 cm³/mol. The Kier molecular flexibility index (Phi) is 4.57. The summed E-state index contributed by atoms with van der Waals surface area (Å²) in [6, 6.07) is 13.0. The maximum absolute atomic E-state index is 13.0. The first-order valence-electron chi connectivity index (χ1n) is 7.44. The SMILES string of the molecule is CCOc1ccc(N2C(=O)/C(=C/c3ccc(F)cc3)NC2=S)cc1. The Bertz CT molecular complexity index is 801. The van der Waals surface area contributed by atoms with Gasteiger partial charge in [-0.2, -0.15) is 0 Å². The van der Waals surface area contributed by atoms with E-state index in [4.69, 9.17) is 17.0 Å². The summed E-state index contributed by atoms with van der Waals surface area (Å²) >= 11 is 5.26. The number of rotatable bonds is 4. The Morgan fingerprint density at radius 1 is 1.17 bits per heavy atom. The van der Waals surface area contributed by atoms with E-state index in [-0.39, 0.29) is 11.7 Å². The highest BCUT2D eigenvalue weighted by atomic mass is 32.1. The maximum atomic E-state index is 13.0. The number of thiocarbonyl (C=S) groups is 1. The van der Waals surface area contributed by atoms with Crippen molar-refractivity contribution in [2.24, 2.45) is 0 Å². The molecule has 122 valence electrons. The zero-order chi connectivity index (χ0) is 17.1. The molecule has 0 radical (unpaired) electrons. The third-order valence-electron chi connectivity index (χ3n) is 3.47. The van der Waals surface area contributed by atoms with Crippen molar-refractivity contribution in [2.45, 2.75) is 6.92 Å². The highest BCUT2D eigenvalue weighted by Gasteiger charge is 2.31. The quantitative estimate of drug-likeness (QED) is 0.682. The third kappa shape index (κ3) is 3.28. The van der Waals surface area contributed by atoms with Crippen molar-refractivity contribution in [3.05, 3.63) is 65.6 Å². The lowest BCUT2D eigenvalue weighted by Crippen LogP contribution is -2.30. The standard InChI is InChI=1S/C18H15FN2O2S/c1-2-23-15-9-7-14(8-10-15)21-17(22)16(20-18(21)24)11-12-3-5-13(19)6-4-12/h3-11H,2H2,1H3,(H,20,24)/b16-11-. The minimum atomic E-state index is -0.325. The van der Waals surface area contributed by atoms with Gasteiger partial charge in [-0.15, -0.1) is 0 Å². The second-order valence-electron chi connectivity index (χ2n) is 5.11. The number of anilines is 1. The molecule has 1 aliphatic rings. The molecule has 24 heavy (non-hydrogen) atoms. The molecule has 1 heterocycles. The van der Waals surface area contributed by atoms with Crippen LogP contribution in [0.25, 0.3) is 6.08 Å². The maximum Gasteiger partial charge on any atom is 0.281 e. The predicted octanol–water partition coefficient (Wildman–Crippen LogP) is 3.49. The summed E-state index contributed by atoms with van der Waals surface area (Å²) < 4.78 is 18.4. The van der Waals surface area contributed by atoms with E-state index in [9.17, 15) is 9.18 Å². The van der Waals surface area contributed by atoms with E-state index in [1.165, 1.54) is 17.0 Å². The van der Waals surface area contributed by atoms with Crippen molar-refractivity contribution in [1.29, 1.82) is 0 Å². The summed E-state index contributed by atoms with van der Waals surface area (Å²) in [5.41, 5.74) is 1.72. The monoisotopic (exact) mass is 342 g/mol. The number of hydrogen-bond acceptors (Lipinski definition) is 3. The fraction of sp³-hybridized carbons (Fsp3) is 0.111. The number of carbonyl (C=O) groups is 1. The summed E-state index contributed by atoms with van der Waals surface area (Å²) in [5.74, 6) is 0.150. The molecule has 1 N–H and O–H groups in total. The molecule has 2 aromatic carbocycles. The van der Waals surface area contributed by atoms with E-state index in [0.29, 0.717) is 28.7 Å². The molecule has 4 nitrogen and oxygen atoms in total. The summed E-state index contributed by atoms with van der Waals surface area (Å²) in [7, 11) is 0. The van der Waals surface area contributed by atoms with E-state index in [2.05, 4.69) is 5.32 Å². The van der Waals surface area contributed by atoms with Crippen LogP contribution in [0.15, 0.2) is 54.2 Å². The number of hydrogen-bond donors (Lipinski definition) is 1. The number of halogens is 1. The minimum absolute atomic E-state index is 0.256. The van der Waals surface area contributed by atoms with Crippen LogP contribution in [0.2, 0.25) is 0 Å². The molecule has 0 bridgehead atoms. The van der Waals surface area contributed by atoms with E-state index in [1.807, 2.05) is 6.92 Å². The number of benzene rings is 2. The third-order valence-corrected chi connectivity index (χ3v) is 3.75. The molecule has 0 spiro atoms. The van der Waals surface area contributed by atoms with E-state index >= 15 is 0 Å². The van der Waals surface area contributed by atoms with Crippen LogP contribution in [0.3, 0.4) is 0 Å². The van der Waals surface area contributed by atoms with Crippen molar-refractivity contribution in [1.82, 2.24) is 5.32 Å². The topological polar surface area (TPSA) is 41.6 Å². The Balaban J connectivity index is 1.84. The molecule has 2 aromatic rings. The fourth-order valence-electron chi connectivity index (χ4n) is 2.35. The van der Waals surface area contributed by atoms with Crippen LogP contribution in [0.1, 0.15) is 12.5 Å². The summed E-state index contributed by atoms with van der Waals surface area (Å²) in [6.45, 7) is 2.48. The van der Waals surface area contributed by atoms with Gasteiger partial charge in [0.25, 0.3) is 5.91 Å². The molecule has 1 fully saturated rings. The average molecular weight is 342 g/mol. The second-order valence-corrected chi connectivity index (χ2v) is 5.49. The summed E-state index contributed by atoms with van der Waals surface area (Å²) in [5, 5.41) is 3.20. The molecule has 6 heteroatoms. The Hall–Kier alpha value is -2.73. The van der Waals surface area contributed by atoms with Gasteiger partial charge in [0.05, 0.1) is 12.3 Å². The molecule has 0 aromatic heterocycles. The Morgan fingerprint density at radius 3 is 2.46 bits per heavy atom. The summed E-state index contributed by atoms with van der Waals surface area (Å²) in [4.78, 5) is 14.0. The first-order chi connectivity index (χ1) is 11.6. The molecule has 1 saturated heterocycles. The van der Waals surface area contributed by atoms with Crippen LogP contribution in [-0.4, -0.2) is 17.6 Å². The van der Waals surface area contributed by atoms with Gasteiger partial charge in [-0.05, 0) is 67.2 Å². The normalized spacial score (nSPS) is 15.8. The van der Waals surface area contributed by atoms with Gasteiger partial charge in [-0.1, -0.05) is 12.1 Å². The average Bonchev–Trinajstić information content (AvgIpc) is 2.85. The fourth-order valence-corrected chi connectivity index (χ4v) is 2.65. The largest absolute Gasteiger partial charge is 0.494 e. The van der Waals surface area contributed by atoms with Gasteiger partial charge in [-0.3, -0.25) is 9.69 Å². The van der Waals surface area contributed by atoms with E-state index in [0.717, 1.165) is 5.75 Å². The molecular formula is C18H15FN2O2S. The molecule has 1 amide bonds. The Labute approximate surface area is 144 Å². The van der Waals surface area contributed by atoms with Gasteiger partial charge < -0.3 is 10.1 Å². The van der Waals surface area contributed by atoms with Crippen LogP contribution >= 0.6 is 12.2 Å². The number of amides is 1. The first-order valence-corrected chi connectivity index (χ1v) is 7.85. The van der Waals surface area contributed by atoms with Gasteiger partial charge in [0.15, 0.2) is 5.11 Å². The zero-order valence-electron chi connectivity index (χ0n) is 13.0. The Morgan fingerprint density at radius 2 is 1.83 bits per heavy atom. The van der Waals surface area contributed by atoms with Crippen LogP contribution in [0, 0.1) is 5.82 Å². The van der Waals surface area contributed by atoms with Gasteiger partial charge in [-0.25, -0.2) is 4.39 Å². The molecule has 1 aliphatic heterocycles. The highest BCUT2D eigenvalue weighted by Crippen LogP contribution is 2.25. The molecular weight excluding hydrogens is 327 g/mol. The van der Waals surface area contributed by atoms with Crippen LogP contribution < -0.4 is 15.0 Å². The van der Waals surface area contributed by atoms with Crippen molar-refractivity contribution in [3.8, 4) is 5.75 Å². The smallest absolute Gasteiger partial charge is 0.281 e. The van der Waals surface area contributed by atoms with Gasteiger partial charge in [0, 0.05) is 0 Å². The zero-order valence-corrected chi connectivity index (χ0v) is 13.8. The molecule has 0 saturated carbocycles. The van der Waals surface area contributed by atoms with Crippen molar-refractivity contribution in [2.75, 3.05) is 11.5 Å². The number of nitrogens with one attached hydrogen (secondary N) is 1. The van der Waals surface area contributed by atoms with Crippen molar-refractivity contribution in [3.63, 3.8) is 0 Å². The number of ether oxygens (including phenoxy) is 1. The van der Waals surface area contributed by atoms with Gasteiger partial charge >= 0.3 is 0 Å². The lowest BCUT2D eigenvalue weighted by Gasteiger charge is -2.14. The van der Waals surface area contributed by atoms with Crippen LogP contribution in [0.5, 0.6) is 5.75 Å². The van der Waals surface area contributed by atoms with Gasteiger partial charge in [0.1, 0.15) is 17.3 Å². The van der Waals surface area contributed by atoms with E-state index < -0.39 is 0 Å². The van der Waals surface area contributed by atoms with Crippen molar-refractivity contribution < 1.29 is 13.9 Å². The molecule has 3 rings (SSSR count). The number of nitrogens with zero attached hydrogens (tertiary/aromatic N) is 1. The van der Waals surface area contributed by atoms with Crippen molar-refractivity contribution >= 4 is 35.0 Å². The van der Waals surface area contributed by atoms with E-state index in [1.54, 1.807) is 42.5 Å². The molecule has 0 atom stereocenters. The lowest BCUT2D eigenvalue weighted by atomic mass is 10.2. The van der Waals surface area contributed by atoms with Crippen LogP contribution in [0.4, 0.5) is 10.1 Å². The lowest BCUT2D eigenvalue weighted by molar-refractivity contribution is -0.113. The second kappa shape index (κ2) is 6.80. The minimum Gasteiger partial charge on any atom is -0.494 e. The highest BCUT2D eigenvalue weighted by molar-refractivity contribution is 7.80. The van der Waals surface area contributed by atoms with Gasteiger partial charge in [0.2, 0.25) is 0 Å². The molecule has 0 aliphatic carbocycles. The molecule has 0 unspecified atom stereocenters.